The molecule has 3 aromatic rings. The molecule has 12 nitrogen and oxygen atoms in total. The van der Waals surface area contributed by atoms with E-state index in [-0.39, 0.29) is 29.6 Å². The van der Waals surface area contributed by atoms with Gasteiger partial charge in [-0.05, 0) is 28.5 Å². The van der Waals surface area contributed by atoms with E-state index in [1.54, 1.807) is 18.2 Å². The number of tetrazole rings is 1. The number of nitrogens with two attached hydrogens (primary N) is 1. The third kappa shape index (κ3) is 4.77. The molecule has 2 N–H and O–H groups in total. The fraction of sp³-hybridized carbons (Fsp3) is 0.400. The van der Waals surface area contributed by atoms with Crippen LogP contribution >= 0.6 is 11.8 Å². The zero-order valence-corrected chi connectivity index (χ0v) is 19.8. The number of hydrogen-bond donors (Lipinski definition) is 1. The van der Waals surface area contributed by atoms with Crippen LogP contribution in [0.2, 0.25) is 0 Å². The molecule has 0 saturated heterocycles. The van der Waals surface area contributed by atoms with Crippen LogP contribution in [0.4, 0.5) is 5.82 Å². The zero-order valence-electron chi connectivity index (χ0n) is 18.9. The SMILES string of the molecule is COc1ccc(OC)c(-n2nnnc2SCC(=O)c2c(N)n(CC(C)C)c(=O)n(C)c2=O)c1. The van der Waals surface area contributed by atoms with Gasteiger partial charge in [-0.2, -0.15) is 4.68 Å². The lowest BCUT2D eigenvalue weighted by Crippen LogP contribution is -2.43. The summed E-state index contributed by atoms with van der Waals surface area (Å²) >= 11 is 1.02. The second-order valence-corrected chi connectivity index (χ2v) is 8.48. The van der Waals surface area contributed by atoms with Crippen LogP contribution in [-0.2, 0) is 13.6 Å². The van der Waals surface area contributed by atoms with Crippen molar-refractivity contribution < 1.29 is 14.3 Å². The standard InChI is InChI=1S/C20H25N7O5S/c1-11(2)9-26-17(21)16(18(29)25(3)20(26)30)14(28)10-33-19-22-23-24-27(19)13-8-12(31-4)6-7-15(13)32-5/h6-8,11H,9-10,21H2,1-5H3. The summed E-state index contributed by atoms with van der Waals surface area (Å²) in [4.78, 5) is 38.1. The van der Waals surface area contributed by atoms with Crippen LogP contribution in [0.3, 0.4) is 0 Å². The Kier molecular flexibility index (Phi) is 7.21. The molecule has 33 heavy (non-hydrogen) atoms. The van der Waals surface area contributed by atoms with Gasteiger partial charge in [0.15, 0.2) is 5.78 Å². The molecule has 2 aromatic heterocycles. The maximum Gasteiger partial charge on any atom is 0.332 e. The molecule has 0 atom stereocenters. The van der Waals surface area contributed by atoms with Crippen LogP contribution < -0.4 is 26.5 Å². The Morgan fingerprint density at radius 3 is 2.58 bits per heavy atom. The summed E-state index contributed by atoms with van der Waals surface area (Å²) in [5, 5.41) is 11.9. The van der Waals surface area contributed by atoms with E-state index in [4.69, 9.17) is 15.2 Å². The van der Waals surface area contributed by atoms with E-state index in [0.717, 1.165) is 16.3 Å². The third-order valence-electron chi connectivity index (χ3n) is 4.80. The minimum atomic E-state index is -0.739. The van der Waals surface area contributed by atoms with Crippen LogP contribution in [0.25, 0.3) is 5.69 Å². The monoisotopic (exact) mass is 475 g/mol. The average Bonchev–Trinajstić information content (AvgIpc) is 3.27. The van der Waals surface area contributed by atoms with Crippen molar-refractivity contribution in [2.24, 2.45) is 13.0 Å². The second kappa shape index (κ2) is 9.90. The lowest BCUT2D eigenvalue weighted by Gasteiger charge is -2.16. The normalized spacial score (nSPS) is 11.1. The molecule has 1 aromatic carbocycles. The molecule has 13 heteroatoms. The molecule has 0 aliphatic rings. The third-order valence-corrected chi connectivity index (χ3v) is 5.72. The van der Waals surface area contributed by atoms with Gasteiger partial charge in [-0.1, -0.05) is 25.6 Å². The molecule has 0 fully saturated rings. The van der Waals surface area contributed by atoms with Crippen molar-refractivity contribution in [3.05, 3.63) is 44.6 Å². The van der Waals surface area contributed by atoms with E-state index in [1.165, 1.54) is 30.5 Å². The van der Waals surface area contributed by atoms with Gasteiger partial charge in [0, 0.05) is 19.7 Å². The van der Waals surface area contributed by atoms with E-state index in [0.29, 0.717) is 22.3 Å². The number of rotatable bonds is 9. The predicted octanol–water partition coefficient (Wildman–Crippen LogP) is 0.753. The highest BCUT2D eigenvalue weighted by Gasteiger charge is 2.23. The van der Waals surface area contributed by atoms with Gasteiger partial charge in [0.05, 0.1) is 20.0 Å². The van der Waals surface area contributed by atoms with Crippen molar-refractivity contribution in [1.82, 2.24) is 29.3 Å². The molecule has 0 amide bonds. The Bertz CT molecular complexity index is 1290. The van der Waals surface area contributed by atoms with Crippen molar-refractivity contribution in [1.29, 1.82) is 0 Å². The van der Waals surface area contributed by atoms with Gasteiger partial charge in [-0.3, -0.25) is 18.7 Å². The molecule has 0 unspecified atom stereocenters. The maximum absolute atomic E-state index is 13.0. The largest absolute Gasteiger partial charge is 0.497 e. The Morgan fingerprint density at radius 2 is 1.94 bits per heavy atom. The zero-order chi connectivity index (χ0) is 24.3. The fourth-order valence-corrected chi connectivity index (χ4v) is 3.93. The summed E-state index contributed by atoms with van der Waals surface area (Å²) in [5.74, 6) is 0.292. The van der Waals surface area contributed by atoms with Crippen LogP contribution in [-0.4, -0.2) is 55.1 Å². The van der Waals surface area contributed by atoms with E-state index < -0.39 is 17.0 Å². The van der Waals surface area contributed by atoms with Crippen LogP contribution in [0.5, 0.6) is 11.5 Å². The van der Waals surface area contributed by atoms with E-state index in [1.807, 2.05) is 13.8 Å². The molecule has 2 heterocycles. The van der Waals surface area contributed by atoms with Crippen LogP contribution in [0, 0.1) is 5.92 Å². The smallest absolute Gasteiger partial charge is 0.332 e. The molecule has 0 spiro atoms. The minimum absolute atomic E-state index is 0.0855. The molecule has 0 aliphatic carbocycles. The summed E-state index contributed by atoms with van der Waals surface area (Å²) < 4.78 is 14.2. The van der Waals surface area contributed by atoms with Gasteiger partial charge in [0.1, 0.15) is 28.6 Å². The molecular weight excluding hydrogens is 450 g/mol. The Labute approximate surface area is 193 Å². The van der Waals surface area contributed by atoms with Crippen molar-refractivity contribution in [2.75, 3.05) is 25.7 Å². The van der Waals surface area contributed by atoms with Gasteiger partial charge in [0.25, 0.3) is 5.56 Å². The lowest BCUT2D eigenvalue weighted by molar-refractivity contribution is 0.102. The molecule has 176 valence electrons. The number of nitrogen functional groups attached to an aromatic ring is 1. The van der Waals surface area contributed by atoms with Crippen molar-refractivity contribution >= 4 is 23.4 Å². The average molecular weight is 476 g/mol. The van der Waals surface area contributed by atoms with Crippen LogP contribution in [0.1, 0.15) is 24.2 Å². The highest BCUT2D eigenvalue weighted by atomic mass is 32.2. The van der Waals surface area contributed by atoms with E-state index >= 15 is 0 Å². The quantitative estimate of drug-likeness (QED) is 0.347. The summed E-state index contributed by atoms with van der Waals surface area (Å²) in [6.07, 6.45) is 0. The number of hydrogen-bond acceptors (Lipinski definition) is 10. The second-order valence-electron chi connectivity index (χ2n) is 7.53. The van der Waals surface area contributed by atoms with Gasteiger partial charge in [-0.15, -0.1) is 5.10 Å². The number of nitrogens with zero attached hydrogens (tertiary/aromatic N) is 6. The Balaban J connectivity index is 1.93. The number of anilines is 1. The topological polar surface area (TPSA) is 149 Å². The number of aromatic nitrogens is 6. The first-order valence-corrected chi connectivity index (χ1v) is 10.9. The highest BCUT2D eigenvalue weighted by molar-refractivity contribution is 7.99. The first kappa shape index (κ1) is 24.0. The summed E-state index contributed by atoms with van der Waals surface area (Å²) in [6.45, 7) is 4.09. The first-order valence-electron chi connectivity index (χ1n) is 9.95. The fourth-order valence-electron chi connectivity index (χ4n) is 3.17. The maximum atomic E-state index is 13.0. The number of benzene rings is 1. The highest BCUT2D eigenvalue weighted by Crippen LogP contribution is 2.29. The number of thioether (sulfide) groups is 1. The number of carbonyl (C=O) groups excluding carboxylic acids is 1. The number of ketones is 1. The molecule has 0 aliphatic heterocycles. The summed E-state index contributed by atoms with van der Waals surface area (Å²) in [6, 6.07) is 5.13. The van der Waals surface area contributed by atoms with Gasteiger partial charge >= 0.3 is 5.69 Å². The molecular formula is C20H25N7O5S. The number of Topliss-reactive ketones (excluding diaryl/α,β-unsaturated/α-hetero) is 1. The van der Waals surface area contributed by atoms with Crippen LogP contribution in [0.15, 0.2) is 32.9 Å². The molecule has 3 rings (SSSR count). The number of ether oxygens (including phenoxy) is 2. The summed E-state index contributed by atoms with van der Waals surface area (Å²) in [5.41, 5.74) is 5.06. The molecule has 0 bridgehead atoms. The van der Waals surface area contributed by atoms with Crippen molar-refractivity contribution in [2.45, 2.75) is 25.5 Å². The Hall–Kier alpha value is -3.61. The predicted molar refractivity (Wildman–Crippen MR) is 123 cm³/mol. The van der Waals surface area contributed by atoms with Gasteiger partial charge in [0.2, 0.25) is 5.16 Å². The van der Waals surface area contributed by atoms with Crippen molar-refractivity contribution in [3.63, 3.8) is 0 Å². The van der Waals surface area contributed by atoms with Crippen molar-refractivity contribution in [3.8, 4) is 17.2 Å². The minimum Gasteiger partial charge on any atom is -0.497 e. The van der Waals surface area contributed by atoms with Gasteiger partial charge < -0.3 is 15.2 Å². The van der Waals surface area contributed by atoms with E-state index in [9.17, 15) is 14.4 Å². The van der Waals surface area contributed by atoms with Gasteiger partial charge in [-0.25, -0.2) is 4.79 Å². The Morgan fingerprint density at radius 1 is 1.21 bits per heavy atom. The molecule has 0 radical (unpaired) electrons. The first-order chi connectivity index (χ1) is 15.7. The van der Waals surface area contributed by atoms with E-state index in [2.05, 4.69) is 15.5 Å². The summed E-state index contributed by atoms with van der Waals surface area (Å²) in [7, 11) is 4.36. The number of carbonyl (C=O) groups is 1. The number of methoxy groups -OCH3 is 2. The molecule has 0 saturated carbocycles. The lowest BCUT2D eigenvalue weighted by atomic mass is 10.2.